The molecule has 0 aliphatic carbocycles. The van der Waals surface area contributed by atoms with Gasteiger partial charge in [0.15, 0.2) is 0 Å². The minimum atomic E-state index is -4.30. The Morgan fingerprint density at radius 3 is 2.61 bits per heavy atom. The lowest BCUT2D eigenvalue weighted by Gasteiger charge is -2.17. The molecule has 1 unspecified atom stereocenters. The van der Waals surface area contributed by atoms with E-state index in [1.165, 1.54) is 19.1 Å². The molecule has 0 bridgehead atoms. The number of hydrogen-bond donors (Lipinski definition) is 1. The van der Waals surface area contributed by atoms with Crippen LogP contribution >= 0.6 is 0 Å². The monoisotopic (exact) mass is 257 g/mol. The number of anilines is 1. The van der Waals surface area contributed by atoms with Gasteiger partial charge in [-0.1, -0.05) is 12.1 Å². The molecule has 0 heterocycles. The van der Waals surface area contributed by atoms with Crippen molar-refractivity contribution < 1.29 is 13.2 Å². The van der Waals surface area contributed by atoms with E-state index in [4.69, 9.17) is 0 Å². The van der Waals surface area contributed by atoms with Gasteiger partial charge in [0.25, 0.3) is 0 Å². The molecule has 1 rings (SSSR count). The fourth-order valence-electron chi connectivity index (χ4n) is 1.74. The second-order valence-corrected chi connectivity index (χ2v) is 4.44. The molecule has 0 amide bonds. The van der Waals surface area contributed by atoms with E-state index in [2.05, 4.69) is 11.9 Å². The molecular formula is C14H18F3N. The molecule has 1 atom stereocenters. The highest BCUT2D eigenvalue weighted by Gasteiger charge is 2.32. The first-order valence-electron chi connectivity index (χ1n) is 5.90. The van der Waals surface area contributed by atoms with Gasteiger partial charge in [-0.25, -0.2) is 0 Å². The SMILES string of the molecule is C=CCCC(C)Nc1ccc(C)c(C(F)(F)F)c1. The van der Waals surface area contributed by atoms with Crippen molar-refractivity contribution in [1.29, 1.82) is 0 Å². The van der Waals surface area contributed by atoms with Crippen LogP contribution < -0.4 is 5.32 Å². The molecule has 1 N–H and O–H groups in total. The summed E-state index contributed by atoms with van der Waals surface area (Å²) < 4.78 is 38.2. The molecule has 0 radical (unpaired) electrons. The Bertz CT molecular complexity index is 410. The van der Waals surface area contributed by atoms with Crippen molar-refractivity contribution >= 4 is 5.69 Å². The van der Waals surface area contributed by atoms with Gasteiger partial charge >= 0.3 is 6.18 Å². The van der Waals surface area contributed by atoms with Crippen LogP contribution in [0.4, 0.5) is 18.9 Å². The van der Waals surface area contributed by atoms with Gasteiger partial charge in [0.05, 0.1) is 5.56 Å². The van der Waals surface area contributed by atoms with Gasteiger partial charge in [-0.3, -0.25) is 0 Å². The average Bonchev–Trinajstić information content (AvgIpc) is 2.27. The van der Waals surface area contributed by atoms with E-state index >= 15 is 0 Å². The summed E-state index contributed by atoms with van der Waals surface area (Å²) in [6.07, 6.45) is -0.814. The number of halogens is 3. The maximum Gasteiger partial charge on any atom is 0.416 e. The van der Waals surface area contributed by atoms with Crippen molar-refractivity contribution in [1.82, 2.24) is 0 Å². The molecule has 0 spiro atoms. The Balaban J connectivity index is 2.82. The lowest BCUT2D eigenvalue weighted by molar-refractivity contribution is -0.138. The highest BCUT2D eigenvalue weighted by Crippen LogP contribution is 2.33. The van der Waals surface area contributed by atoms with Gasteiger partial charge in [0.2, 0.25) is 0 Å². The smallest absolute Gasteiger partial charge is 0.383 e. The molecule has 0 aliphatic heterocycles. The van der Waals surface area contributed by atoms with Crippen LogP contribution in [0.3, 0.4) is 0 Å². The van der Waals surface area contributed by atoms with Crippen LogP contribution in [0.1, 0.15) is 30.9 Å². The van der Waals surface area contributed by atoms with E-state index in [0.717, 1.165) is 12.8 Å². The van der Waals surface area contributed by atoms with E-state index in [-0.39, 0.29) is 11.6 Å². The standard InChI is InChI=1S/C14H18F3N/c1-4-5-6-11(3)18-12-8-7-10(2)13(9-12)14(15,16)17/h4,7-9,11,18H,1,5-6H2,2-3H3. The number of hydrogen-bond acceptors (Lipinski definition) is 1. The minimum Gasteiger partial charge on any atom is -0.383 e. The van der Waals surface area contributed by atoms with Crippen molar-refractivity contribution in [2.24, 2.45) is 0 Å². The Morgan fingerprint density at radius 1 is 1.39 bits per heavy atom. The average molecular weight is 257 g/mol. The molecule has 0 aromatic heterocycles. The van der Waals surface area contributed by atoms with Crippen molar-refractivity contribution in [3.63, 3.8) is 0 Å². The molecule has 0 saturated heterocycles. The molecular weight excluding hydrogens is 239 g/mol. The molecule has 0 fully saturated rings. The maximum absolute atomic E-state index is 12.7. The first kappa shape index (κ1) is 14.6. The molecule has 1 aromatic rings. The zero-order valence-electron chi connectivity index (χ0n) is 10.6. The summed E-state index contributed by atoms with van der Waals surface area (Å²) >= 11 is 0. The van der Waals surface area contributed by atoms with Crippen LogP contribution in [-0.2, 0) is 6.18 Å². The molecule has 1 aromatic carbocycles. The van der Waals surface area contributed by atoms with Crippen molar-refractivity contribution in [2.45, 2.75) is 38.9 Å². The topological polar surface area (TPSA) is 12.0 Å². The van der Waals surface area contributed by atoms with Gasteiger partial charge in [0.1, 0.15) is 0 Å². The lowest BCUT2D eigenvalue weighted by atomic mass is 10.1. The zero-order valence-corrected chi connectivity index (χ0v) is 10.6. The van der Waals surface area contributed by atoms with Crippen LogP contribution in [0.15, 0.2) is 30.9 Å². The van der Waals surface area contributed by atoms with Crippen molar-refractivity contribution in [3.8, 4) is 0 Å². The largest absolute Gasteiger partial charge is 0.416 e. The molecule has 0 aliphatic rings. The van der Waals surface area contributed by atoms with Crippen LogP contribution in [0.25, 0.3) is 0 Å². The second-order valence-electron chi connectivity index (χ2n) is 4.44. The summed E-state index contributed by atoms with van der Waals surface area (Å²) in [4.78, 5) is 0. The molecule has 100 valence electrons. The summed E-state index contributed by atoms with van der Waals surface area (Å²) in [5, 5.41) is 3.07. The fourth-order valence-corrected chi connectivity index (χ4v) is 1.74. The predicted molar refractivity (Wildman–Crippen MR) is 68.7 cm³/mol. The third-order valence-electron chi connectivity index (χ3n) is 2.76. The quantitative estimate of drug-likeness (QED) is 0.748. The van der Waals surface area contributed by atoms with E-state index in [9.17, 15) is 13.2 Å². The normalized spacial score (nSPS) is 13.2. The van der Waals surface area contributed by atoms with Crippen LogP contribution in [0, 0.1) is 6.92 Å². The van der Waals surface area contributed by atoms with Crippen LogP contribution in [0.5, 0.6) is 0 Å². The van der Waals surface area contributed by atoms with E-state index < -0.39 is 11.7 Å². The molecule has 4 heteroatoms. The van der Waals surface area contributed by atoms with Gasteiger partial charge in [-0.2, -0.15) is 13.2 Å². The van der Waals surface area contributed by atoms with Gasteiger partial charge in [-0.15, -0.1) is 6.58 Å². The highest BCUT2D eigenvalue weighted by molar-refractivity contribution is 5.49. The Hall–Kier alpha value is -1.45. The van der Waals surface area contributed by atoms with E-state index in [1.807, 2.05) is 6.92 Å². The zero-order chi connectivity index (χ0) is 13.8. The van der Waals surface area contributed by atoms with Crippen molar-refractivity contribution in [3.05, 3.63) is 42.0 Å². The first-order chi connectivity index (χ1) is 8.34. The number of allylic oxidation sites excluding steroid dienone is 1. The number of benzene rings is 1. The second kappa shape index (κ2) is 5.94. The predicted octanol–water partition coefficient (Wildman–Crippen LogP) is 4.78. The molecule has 18 heavy (non-hydrogen) atoms. The third-order valence-corrected chi connectivity index (χ3v) is 2.76. The molecule has 1 nitrogen and oxygen atoms in total. The van der Waals surface area contributed by atoms with Crippen LogP contribution in [0.2, 0.25) is 0 Å². The number of nitrogens with one attached hydrogen (secondary N) is 1. The Kier molecular flexibility index (Phi) is 4.82. The fraction of sp³-hybridized carbons (Fsp3) is 0.429. The summed E-state index contributed by atoms with van der Waals surface area (Å²) in [5.41, 5.74) is 0.166. The first-order valence-corrected chi connectivity index (χ1v) is 5.90. The summed E-state index contributed by atoms with van der Waals surface area (Å²) in [5.74, 6) is 0. The summed E-state index contributed by atoms with van der Waals surface area (Å²) in [6.45, 7) is 7.03. The van der Waals surface area contributed by atoms with E-state index in [1.54, 1.807) is 12.1 Å². The van der Waals surface area contributed by atoms with Gasteiger partial charge < -0.3 is 5.32 Å². The van der Waals surface area contributed by atoms with E-state index in [0.29, 0.717) is 5.69 Å². The third kappa shape index (κ3) is 4.09. The van der Waals surface area contributed by atoms with Crippen molar-refractivity contribution in [2.75, 3.05) is 5.32 Å². The highest BCUT2D eigenvalue weighted by atomic mass is 19.4. The Morgan fingerprint density at radius 2 is 2.06 bits per heavy atom. The summed E-state index contributed by atoms with van der Waals surface area (Å²) in [7, 11) is 0. The maximum atomic E-state index is 12.7. The Labute approximate surface area is 106 Å². The van der Waals surface area contributed by atoms with Gasteiger partial charge in [0, 0.05) is 11.7 Å². The number of alkyl halides is 3. The lowest BCUT2D eigenvalue weighted by Crippen LogP contribution is -2.16. The minimum absolute atomic E-state index is 0.117. The summed E-state index contributed by atoms with van der Waals surface area (Å²) in [6, 6.07) is 4.45. The van der Waals surface area contributed by atoms with Crippen LogP contribution in [-0.4, -0.2) is 6.04 Å². The molecule has 0 saturated carbocycles. The number of aryl methyl sites for hydroxylation is 1. The van der Waals surface area contributed by atoms with Gasteiger partial charge in [-0.05, 0) is 44.4 Å². The number of rotatable bonds is 5.